The van der Waals surface area contributed by atoms with E-state index in [2.05, 4.69) is 12.2 Å². The van der Waals surface area contributed by atoms with Gasteiger partial charge in [0.05, 0.1) is 46.2 Å². The Labute approximate surface area is 117 Å². The molecule has 0 bridgehead atoms. The number of rotatable bonds is 16. The fraction of sp³-hybridized carbons (Fsp3) is 1.00. The van der Waals surface area contributed by atoms with Crippen molar-refractivity contribution in [1.29, 1.82) is 0 Å². The summed E-state index contributed by atoms with van der Waals surface area (Å²) in [6.45, 7) is 8.74. The van der Waals surface area contributed by atoms with Gasteiger partial charge in [-0.25, -0.2) is 0 Å². The van der Waals surface area contributed by atoms with Crippen LogP contribution >= 0.6 is 0 Å². The normalized spacial score (nSPS) is 11.1. The second kappa shape index (κ2) is 17.8. The molecular formula is C14H31NO4. The summed E-state index contributed by atoms with van der Waals surface area (Å²) in [6.07, 6.45) is 3.82. The molecule has 0 spiro atoms. The van der Waals surface area contributed by atoms with Crippen molar-refractivity contribution < 1.29 is 18.9 Å². The summed E-state index contributed by atoms with van der Waals surface area (Å²) in [7, 11) is 1.66. The summed E-state index contributed by atoms with van der Waals surface area (Å²) in [6, 6.07) is 0. The van der Waals surface area contributed by atoms with E-state index < -0.39 is 0 Å². The van der Waals surface area contributed by atoms with Gasteiger partial charge in [-0.2, -0.15) is 0 Å². The zero-order valence-corrected chi connectivity index (χ0v) is 12.6. The molecule has 0 saturated carbocycles. The molecule has 116 valence electrons. The maximum atomic E-state index is 5.44. The van der Waals surface area contributed by atoms with Gasteiger partial charge in [-0.3, -0.25) is 0 Å². The van der Waals surface area contributed by atoms with Gasteiger partial charge in [-0.1, -0.05) is 19.8 Å². The van der Waals surface area contributed by atoms with Crippen LogP contribution in [0, 0.1) is 0 Å². The maximum absolute atomic E-state index is 5.44. The lowest BCUT2D eigenvalue weighted by Crippen LogP contribution is -2.21. The number of nitrogens with one attached hydrogen (secondary N) is 1. The second-order valence-electron chi connectivity index (χ2n) is 4.29. The molecule has 0 aromatic rings. The van der Waals surface area contributed by atoms with Crippen LogP contribution in [-0.4, -0.2) is 66.4 Å². The third-order valence-electron chi connectivity index (χ3n) is 2.56. The molecule has 0 radical (unpaired) electrons. The van der Waals surface area contributed by atoms with Crippen LogP contribution in [0.4, 0.5) is 0 Å². The van der Waals surface area contributed by atoms with Crippen molar-refractivity contribution in [2.75, 3.05) is 66.4 Å². The van der Waals surface area contributed by atoms with Gasteiger partial charge in [0.25, 0.3) is 0 Å². The molecule has 0 rings (SSSR count). The summed E-state index contributed by atoms with van der Waals surface area (Å²) in [5, 5.41) is 3.35. The van der Waals surface area contributed by atoms with Crippen molar-refractivity contribution in [3.05, 3.63) is 0 Å². The Balaban J connectivity index is 2.88. The molecule has 0 atom stereocenters. The number of hydrogen-bond donors (Lipinski definition) is 1. The average Bonchev–Trinajstić information content (AvgIpc) is 2.43. The summed E-state index contributed by atoms with van der Waals surface area (Å²) in [5.41, 5.74) is 0. The van der Waals surface area contributed by atoms with Crippen molar-refractivity contribution in [3.63, 3.8) is 0 Å². The quantitative estimate of drug-likeness (QED) is 0.433. The van der Waals surface area contributed by atoms with Gasteiger partial charge in [0.1, 0.15) is 0 Å². The van der Waals surface area contributed by atoms with Crippen molar-refractivity contribution in [1.82, 2.24) is 5.32 Å². The third kappa shape index (κ3) is 17.8. The Hall–Kier alpha value is -0.200. The molecule has 5 nitrogen and oxygen atoms in total. The predicted octanol–water partition coefficient (Wildman–Crippen LogP) is 1.46. The molecule has 0 amide bonds. The van der Waals surface area contributed by atoms with Crippen LogP contribution in [0.15, 0.2) is 0 Å². The van der Waals surface area contributed by atoms with Crippen LogP contribution < -0.4 is 5.32 Å². The molecular weight excluding hydrogens is 246 g/mol. The molecule has 0 aromatic carbocycles. The van der Waals surface area contributed by atoms with Crippen LogP contribution in [0.1, 0.15) is 26.2 Å². The first-order chi connectivity index (χ1) is 9.41. The maximum Gasteiger partial charge on any atom is 0.0701 e. The Morgan fingerprint density at radius 3 is 1.84 bits per heavy atom. The zero-order chi connectivity index (χ0) is 14.0. The van der Waals surface area contributed by atoms with Crippen LogP contribution in [-0.2, 0) is 18.9 Å². The van der Waals surface area contributed by atoms with E-state index in [0.717, 1.165) is 19.7 Å². The summed E-state index contributed by atoms with van der Waals surface area (Å²) in [5.74, 6) is 0. The molecule has 0 saturated heterocycles. The first kappa shape index (κ1) is 18.8. The highest BCUT2D eigenvalue weighted by Crippen LogP contribution is 1.90. The van der Waals surface area contributed by atoms with Gasteiger partial charge in [0, 0.05) is 13.7 Å². The zero-order valence-electron chi connectivity index (χ0n) is 12.6. The van der Waals surface area contributed by atoms with Crippen LogP contribution in [0.5, 0.6) is 0 Å². The number of unbranched alkanes of at least 4 members (excludes halogenated alkanes) is 2. The molecule has 1 N–H and O–H groups in total. The molecule has 5 heteroatoms. The van der Waals surface area contributed by atoms with Crippen LogP contribution in [0.2, 0.25) is 0 Å². The fourth-order valence-electron chi connectivity index (χ4n) is 1.45. The predicted molar refractivity (Wildman–Crippen MR) is 76.7 cm³/mol. The van der Waals surface area contributed by atoms with E-state index in [1.165, 1.54) is 19.3 Å². The first-order valence-corrected chi connectivity index (χ1v) is 7.34. The first-order valence-electron chi connectivity index (χ1n) is 7.34. The van der Waals surface area contributed by atoms with E-state index in [4.69, 9.17) is 18.9 Å². The van der Waals surface area contributed by atoms with Gasteiger partial charge in [-0.15, -0.1) is 0 Å². The largest absolute Gasteiger partial charge is 0.382 e. The van der Waals surface area contributed by atoms with Crippen molar-refractivity contribution in [2.45, 2.75) is 26.2 Å². The molecule has 0 unspecified atom stereocenters. The highest BCUT2D eigenvalue weighted by Gasteiger charge is 1.92. The molecule has 0 aromatic heterocycles. The standard InChI is InChI=1S/C14H31NO4/c1-3-4-5-6-15-7-8-17-11-12-19-14-13-18-10-9-16-2/h15H,3-14H2,1-2H3. The highest BCUT2D eigenvalue weighted by atomic mass is 16.6. The van der Waals surface area contributed by atoms with Gasteiger partial charge in [0.15, 0.2) is 0 Å². The van der Waals surface area contributed by atoms with Crippen LogP contribution in [0.3, 0.4) is 0 Å². The molecule has 0 fully saturated rings. The molecule has 0 heterocycles. The van der Waals surface area contributed by atoms with E-state index in [0.29, 0.717) is 39.6 Å². The van der Waals surface area contributed by atoms with Gasteiger partial charge < -0.3 is 24.3 Å². The van der Waals surface area contributed by atoms with E-state index in [9.17, 15) is 0 Å². The molecule has 0 aliphatic heterocycles. The molecule has 0 aliphatic carbocycles. The SMILES string of the molecule is CCCCCNCCOCCOCCOCCOC. The average molecular weight is 277 g/mol. The van der Waals surface area contributed by atoms with Crippen molar-refractivity contribution in [3.8, 4) is 0 Å². The minimum atomic E-state index is 0.613. The monoisotopic (exact) mass is 277 g/mol. The minimum Gasteiger partial charge on any atom is -0.382 e. The smallest absolute Gasteiger partial charge is 0.0701 e. The number of methoxy groups -OCH3 is 1. The van der Waals surface area contributed by atoms with Gasteiger partial charge in [0.2, 0.25) is 0 Å². The lowest BCUT2D eigenvalue weighted by Gasteiger charge is -2.07. The molecule has 0 aliphatic rings. The molecule has 19 heavy (non-hydrogen) atoms. The topological polar surface area (TPSA) is 49.0 Å². The Morgan fingerprint density at radius 2 is 1.26 bits per heavy atom. The van der Waals surface area contributed by atoms with E-state index >= 15 is 0 Å². The number of ether oxygens (including phenoxy) is 4. The van der Waals surface area contributed by atoms with Crippen LogP contribution in [0.25, 0.3) is 0 Å². The third-order valence-corrected chi connectivity index (χ3v) is 2.56. The van der Waals surface area contributed by atoms with Gasteiger partial charge in [-0.05, 0) is 13.0 Å². The Morgan fingerprint density at radius 1 is 0.684 bits per heavy atom. The minimum absolute atomic E-state index is 0.613. The van der Waals surface area contributed by atoms with E-state index in [1.54, 1.807) is 7.11 Å². The number of hydrogen-bond acceptors (Lipinski definition) is 5. The Kier molecular flexibility index (Phi) is 17.6. The van der Waals surface area contributed by atoms with Crippen molar-refractivity contribution >= 4 is 0 Å². The lowest BCUT2D eigenvalue weighted by molar-refractivity contribution is 0.00411. The van der Waals surface area contributed by atoms with E-state index in [-0.39, 0.29) is 0 Å². The summed E-state index contributed by atoms with van der Waals surface area (Å²) < 4.78 is 20.9. The Bertz CT molecular complexity index is 142. The fourth-order valence-corrected chi connectivity index (χ4v) is 1.45. The lowest BCUT2D eigenvalue weighted by atomic mass is 10.2. The summed E-state index contributed by atoms with van der Waals surface area (Å²) in [4.78, 5) is 0. The van der Waals surface area contributed by atoms with Crippen molar-refractivity contribution in [2.24, 2.45) is 0 Å². The highest BCUT2D eigenvalue weighted by molar-refractivity contribution is 4.46. The summed E-state index contributed by atoms with van der Waals surface area (Å²) >= 11 is 0. The van der Waals surface area contributed by atoms with E-state index in [1.807, 2.05) is 0 Å². The van der Waals surface area contributed by atoms with Gasteiger partial charge >= 0.3 is 0 Å². The second-order valence-corrected chi connectivity index (χ2v) is 4.29.